The number of aromatic nitrogens is 2. The fourth-order valence-electron chi connectivity index (χ4n) is 3.07. The number of anilines is 1. The quantitative estimate of drug-likeness (QED) is 0.751. The molecule has 10 heteroatoms. The molecule has 1 saturated heterocycles. The highest BCUT2D eigenvalue weighted by atomic mass is 35.5. The fraction of sp³-hybridized carbons (Fsp3) is 0.421. The zero-order chi connectivity index (χ0) is 21.0. The molecule has 0 spiro atoms. The Hall–Kier alpha value is -2.52. The smallest absolute Gasteiger partial charge is 0.286 e. The molecule has 3 rings (SSSR count). The number of carbonyl (C=O) groups excluding carboxylic acids is 3. The first kappa shape index (κ1) is 21.2. The second-order valence-electron chi connectivity index (χ2n) is 7.13. The summed E-state index contributed by atoms with van der Waals surface area (Å²) in [6.45, 7) is 4.69. The molecule has 154 valence electrons. The van der Waals surface area contributed by atoms with Crippen LogP contribution in [0.5, 0.6) is 0 Å². The van der Waals surface area contributed by atoms with E-state index in [1.165, 1.54) is 0 Å². The molecule has 0 aliphatic carbocycles. The van der Waals surface area contributed by atoms with Gasteiger partial charge in [-0.2, -0.15) is 0 Å². The maximum absolute atomic E-state index is 12.8. The Kier molecular flexibility index (Phi) is 6.81. The number of benzene rings is 1. The average Bonchev–Trinajstić information content (AvgIpc) is 3.17. The molecule has 2 aromatic rings. The van der Waals surface area contributed by atoms with Crippen LogP contribution in [0.1, 0.15) is 46.3 Å². The molecule has 2 heterocycles. The number of hydrogen-bond acceptors (Lipinski definition) is 6. The number of piperidine rings is 1. The number of carbonyl (C=O) groups is 3. The molecule has 0 saturated carbocycles. The largest absolute Gasteiger partial charge is 0.354 e. The molecular formula is C19H22ClN5O3S. The van der Waals surface area contributed by atoms with Crippen LogP contribution in [-0.2, 0) is 4.79 Å². The molecule has 1 fully saturated rings. The zero-order valence-electron chi connectivity index (χ0n) is 16.1. The normalized spacial score (nSPS) is 16.6. The van der Waals surface area contributed by atoms with Crippen molar-refractivity contribution >= 4 is 46.3 Å². The predicted molar refractivity (Wildman–Crippen MR) is 111 cm³/mol. The number of amides is 3. The molecule has 1 aliphatic rings. The molecular weight excluding hydrogens is 414 g/mol. The maximum Gasteiger partial charge on any atom is 0.286 e. The Balaban J connectivity index is 1.64. The molecule has 29 heavy (non-hydrogen) atoms. The van der Waals surface area contributed by atoms with E-state index in [9.17, 15) is 14.4 Å². The first-order valence-corrected chi connectivity index (χ1v) is 10.5. The second kappa shape index (κ2) is 9.32. The van der Waals surface area contributed by atoms with Crippen LogP contribution in [-0.4, -0.2) is 52.0 Å². The maximum atomic E-state index is 12.8. The SMILES string of the molecule is CC(C)NC(=O)C1CCCN(C(=O)c2nnc(C(=O)Nc3cccc(Cl)c3)s2)C1. The molecule has 0 bridgehead atoms. The van der Waals surface area contributed by atoms with Crippen LogP contribution in [0, 0.1) is 5.92 Å². The summed E-state index contributed by atoms with van der Waals surface area (Å²) in [5, 5.41) is 14.0. The summed E-state index contributed by atoms with van der Waals surface area (Å²) in [5.41, 5.74) is 0.528. The second-order valence-corrected chi connectivity index (χ2v) is 8.54. The summed E-state index contributed by atoms with van der Waals surface area (Å²) < 4.78 is 0. The fourth-order valence-corrected chi connectivity index (χ4v) is 3.96. The van der Waals surface area contributed by atoms with E-state index in [4.69, 9.17) is 11.6 Å². The third kappa shape index (κ3) is 5.51. The Labute approximate surface area is 177 Å². The van der Waals surface area contributed by atoms with E-state index >= 15 is 0 Å². The summed E-state index contributed by atoms with van der Waals surface area (Å²) in [7, 11) is 0. The van der Waals surface area contributed by atoms with Gasteiger partial charge in [-0.15, -0.1) is 10.2 Å². The van der Waals surface area contributed by atoms with Crippen LogP contribution in [0.2, 0.25) is 5.02 Å². The number of nitrogens with zero attached hydrogens (tertiary/aromatic N) is 3. The van der Waals surface area contributed by atoms with Crippen molar-refractivity contribution in [1.29, 1.82) is 0 Å². The first-order chi connectivity index (χ1) is 13.8. The molecule has 1 aliphatic heterocycles. The lowest BCUT2D eigenvalue weighted by Gasteiger charge is -2.31. The van der Waals surface area contributed by atoms with Crippen LogP contribution >= 0.6 is 22.9 Å². The Bertz CT molecular complexity index is 917. The van der Waals surface area contributed by atoms with Crippen molar-refractivity contribution in [2.45, 2.75) is 32.7 Å². The molecule has 1 aromatic carbocycles. The third-order valence-corrected chi connectivity index (χ3v) is 5.54. The lowest BCUT2D eigenvalue weighted by atomic mass is 9.97. The van der Waals surface area contributed by atoms with E-state index in [1.807, 2.05) is 13.8 Å². The number of likely N-dealkylation sites (tertiary alicyclic amines) is 1. The van der Waals surface area contributed by atoms with E-state index in [1.54, 1.807) is 29.2 Å². The van der Waals surface area contributed by atoms with E-state index in [0.717, 1.165) is 24.2 Å². The Morgan fingerprint density at radius 3 is 2.72 bits per heavy atom. The van der Waals surface area contributed by atoms with Gasteiger partial charge in [0.05, 0.1) is 5.92 Å². The van der Waals surface area contributed by atoms with Gasteiger partial charge in [0.15, 0.2) is 0 Å². The van der Waals surface area contributed by atoms with E-state index in [2.05, 4.69) is 20.8 Å². The van der Waals surface area contributed by atoms with Crippen LogP contribution in [0.15, 0.2) is 24.3 Å². The summed E-state index contributed by atoms with van der Waals surface area (Å²) in [6.07, 6.45) is 1.48. The van der Waals surface area contributed by atoms with Gasteiger partial charge in [0, 0.05) is 29.8 Å². The molecule has 3 amide bonds. The number of rotatable bonds is 5. The van der Waals surface area contributed by atoms with Gasteiger partial charge in [0.1, 0.15) is 0 Å². The van der Waals surface area contributed by atoms with Crippen molar-refractivity contribution in [3.05, 3.63) is 39.3 Å². The highest BCUT2D eigenvalue weighted by molar-refractivity contribution is 7.15. The number of hydrogen-bond donors (Lipinski definition) is 2. The topological polar surface area (TPSA) is 104 Å². The van der Waals surface area contributed by atoms with Gasteiger partial charge in [-0.1, -0.05) is 29.0 Å². The Morgan fingerprint density at radius 2 is 2.00 bits per heavy atom. The minimum Gasteiger partial charge on any atom is -0.354 e. The van der Waals surface area contributed by atoms with Crippen LogP contribution < -0.4 is 10.6 Å². The minimum absolute atomic E-state index is 0.0450. The van der Waals surface area contributed by atoms with Crippen molar-refractivity contribution in [3.8, 4) is 0 Å². The Morgan fingerprint density at radius 1 is 1.24 bits per heavy atom. The predicted octanol–water partition coefficient (Wildman–Crippen LogP) is 2.82. The molecule has 1 unspecified atom stereocenters. The minimum atomic E-state index is -0.461. The van der Waals surface area contributed by atoms with Gasteiger partial charge in [-0.05, 0) is 44.9 Å². The van der Waals surface area contributed by atoms with Gasteiger partial charge in [-0.3, -0.25) is 14.4 Å². The molecule has 8 nitrogen and oxygen atoms in total. The lowest BCUT2D eigenvalue weighted by Crippen LogP contribution is -2.46. The van der Waals surface area contributed by atoms with Gasteiger partial charge < -0.3 is 15.5 Å². The summed E-state index contributed by atoms with van der Waals surface area (Å²) in [5.74, 6) is -1.06. The summed E-state index contributed by atoms with van der Waals surface area (Å²) >= 11 is 6.84. The average molecular weight is 436 g/mol. The first-order valence-electron chi connectivity index (χ1n) is 9.33. The zero-order valence-corrected chi connectivity index (χ0v) is 17.7. The molecule has 1 aromatic heterocycles. The molecule has 1 atom stereocenters. The molecule has 0 radical (unpaired) electrons. The molecule has 2 N–H and O–H groups in total. The van der Waals surface area contributed by atoms with Crippen LogP contribution in [0.4, 0.5) is 5.69 Å². The number of nitrogens with one attached hydrogen (secondary N) is 2. The standard InChI is InChI=1S/C19H22ClN5O3S/c1-11(2)21-15(26)12-5-4-8-25(10-12)19(28)18-24-23-17(29-18)16(27)22-14-7-3-6-13(20)9-14/h3,6-7,9,11-12H,4-5,8,10H2,1-2H3,(H,21,26)(H,22,27). The van der Waals surface area contributed by atoms with Crippen LogP contribution in [0.25, 0.3) is 0 Å². The van der Waals surface area contributed by atoms with Crippen LogP contribution in [0.3, 0.4) is 0 Å². The van der Waals surface area contributed by atoms with E-state index < -0.39 is 5.91 Å². The van der Waals surface area contributed by atoms with E-state index in [0.29, 0.717) is 23.8 Å². The van der Waals surface area contributed by atoms with Crippen molar-refractivity contribution in [1.82, 2.24) is 20.4 Å². The van der Waals surface area contributed by atoms with Gasteiger partial charge in [0.2, 0.25) is 15.9 Å². The third-order valence-electron chi connectivity index (χ3n) is 4.40. The number of halogens is 1. The van der Waals surface area contributed by atoms with E-state index in [-0.39, 0.29) is 33.8 Å². The van der Waals surface area contributed by atoms with Crippen molar-refractivity contribution < 1.29 is 14.4 Å². The van der Waals surface area contributed by atoms with Crippen molar-refractivity contribution in [3.63, 3.8) is 0 Å². The van der Waals surface area contributed by atoms with Gasteiger partial charge in [-0.25, -0.2) is 0 Å². The lowest BCUT2D eigenvalue weighted by molar-refractivity contribution is -0.126. The highest BCUT2D eigenvalue weighted by Crippen LogP contribution is 2.21. The highest BCUT2D eigenvalue weighted by Gasteiger charge is 2.31. The summed E-state index contributed by atoms with van der Waals surface area (Å²) in [6, 6.07) is 6.79. The summed E-state index contributed by atoms with van der Waals surface area (Å²) in [4.78, 5) is 39.0. The van der Waals surface area contributed by atoms with Gasteiger partial charge in [0.25, 0.3) is 11.8 Å². The van der Waals surface area contributed by atoms with Crippen molar-refractivity contribution in [2.75, 3.05) is 18.4 Å². The van der Waals surface area contributed by atoms with Crippen molar-refractivity contribution in [2.24, 2.45) is 5.92 Å². The monoisotopic (exact) mass is 435 g/mol. The van der Waals surface area contributed by atoms with Gasteiger partial charge >= 0.3 is 0 Å².